The Hall–Kier alpha value is -8.18. The molecule has 0 aliphatic rings. The Kier molecular flexibility index (Phi) is 8.23. The Labute approximate surface area is 372 Å². The Morgan fingerprint density at radius 2 is 0.703 bits per heavy atom. The lowest BCUT2D eigenvalue weighted by Crippen LogP contribution is -2.74. The minimum absolute atomic E-state index is 1.14. The van der Waals surface area contributed by atoms with Gasteiger partial charge in [-0.1, -0.05) is 188 Å². The van der Waals surface area contributed by atoms with Gasteiger partial charge in [-0.25, -0.2) is 0 Å². The van der Waals surface area contributed by atoms with Crippen molar-refractivity contribution in [1.82, 2.24) is 13.7 Å². The minimum Gasteiger partial charge on any atom is -0.309 e. The molecule has 3 nitrogen and oxygen atoms in total. The van der Waals surface area contributed by atoms with Crippen LogP contribution in [0.5, 0.6) is 0 Å². The Balaban J connectivity index is 1.04. The van der Waals surface area contributed by atoms with Crippen molar-refractivity contribution < 1.29 is 0 Å². The lowest BCUT2D eigenvalue weighted by Gasteiger charge is -2.34. The average molecular weight is 832 g/mol. The predicted octanol–water partition coefficient (Wildman–Crippen LogP) is 12.3. The molecule has 0 aliphatic carbocycles. The molecule has 13 rings (SSSR count). The molecule has 300 valence electrons. The summed E-state index contributed by atoms with van der Waals surface area (Å²) in [4.78, 5) is 0. The fourth-order valence-electron chi connectivity index (χ4n) is 11.0. The standard InChI is InChI=1S/C60H41N3Si/c1-5-20-42(21-6-1)49-30-13-15-32-52(49)63-56-36-18-34-54-59(56)60-55(35-19-37-57(60)63)62(54)44-38-39-51-50-31-14-16-33-53(50)61(58(51)41-44)43-22-17-29-48(40-43)64(45-23-7-2-8-24-45,46-25-9-3-10-26-46)47-27-11-4-12-28-47/h1-41H. The molecule has 0 aliphatic heterocycles. The van der Waals surface area contributed by atoms with E-state index in [1.807, 2.05) is 0 Å². The molecule has 0 amide bonds. The summed E-state index contributed by atoms with van der Waals surface area (Å²) in [5.41, 5.74) is 13.1. The van der Waals surface area contributed by atoms with Crippen molar-refractivity contribution in [3.05, 3.63) is 249 Å². The maximum atomic E-state index is 2.50. The second kappa shape index (κ2) is 14.5. The van der Waals surface area contributed by atoms with E-state index in [1.165, 1.54) is 92.2 Å². The first-order valence-corrected chi connectivity index (χ1v) is 24.1. The third kappa shape index (κ3) is 5.27. The van der Waals surface area contributed by atoms with E-state index in [4.69, 9.17) is 0 Å². The summed E-state index contributed by atoms with van der Waals surface area (Å²) in [6.07, 6.45) is 0. The molecule has 0 saturated heterocycles. The number of hydrogen-bond acceptors (Lipinski definition) is 0. The molecule has 3 aromatic heterocycles. The van der Waals surface area contributed by atoms with E-state index in [0.29, 0.717) is 0 Å². The van der Waals surface area contributed by atoms with Gasteiger partial charge >= 0.3 is 0 Å². The number of hydrogen-bond donors (Lipinski definition) is 0. The fourth-order valence-corrected chi connectivity index (χ4v) is 15.7. The summed E-state index contributed by atoms with van der Waals surface area (Å²) in [6, 6.07) is 92.1. The van der Waals surface area contributed by atoms with Crippen molar-refractivity contribution in [3.63, 3.8) is 0 Å². The summed E-state index contributed by atoms with van der Waals surface area (Å²) in [7, 11) is -2.77. The van der Waals surface area contributed by atoms with Crippen LogP contribution in [-0.2, 0) is 0 Å². The molecule has 0 bridgehead atoms. The predicted molar refractivity (Wildman–Crippen MR) is 272 cm³/mol. The first-order chi connectivity index (χ1) is 31.8. The highest BCUT2D eigenvalue weighted by Crippen LogP contribution is 2.44. The highest BCUT2D eigenvalue weighted by Gasteiger charge is 2.41. The summed E-state index contributed by atoms with van der Waals surface area (Å²) in [6.45, 7) is 0. The van der Waals surface area contributed by atoms with Crippen LogP contribution in [0.3, 0.4) is 0 Å². The van der Waals surface area contributed by atoms with E-state index in [0.717, 1.165) is 11.4 Å². The van der Waals surface area contributed by atoms with Crippen LogP contribution < -0.4 is 20.7 Å². The van der Waals surface area contributed by atoms with Crippen LogP contribution in [0, 0.1) is 0 Å². The Morgan fingerprint density at radius 1 is 0.266 bits per heavy atom. The molecule has 0 spiro atoms. The van der Waals surface area contributed by atoms with Gasteiger partial charge in [0.2, 0.25) is 0 Å². The number of fused-ring (bicyclic) bond motifs is 3. The molecular formula is C60H41N3Si. The first kappa shape index (κ1) is 36.5. The third-order valence-corrected chi connectivity index (χ3v) is 18.3. The number of benzene rings is 10. The molecule has 0 atom stereocenters. The first-order valence-electron chi connectivity index (χ1n) is 22.1. The Morgan fingerprint density at radius 3 is 1.33 bits per heavy atom. The van der Waals surface area contributed by atoms with E-state index < -0.39 is 8.07 Å². The quantitative estimate of drug-likeness (QED) is 0.107. The second-order valence-electron chi connectivity index (χ2n) is 16.8. The van der Waals surface area contributed by atoms with Crippen LogP contribution in [0.2, 0.25) is 0 Å². The highest BCUT2D eigenvalue weighted by atomic mass is 28.3. The SMILES string of the molecule is c1ccc(-c2ccccc2-n2c3cccc4c3c3c(cccc32)n4-c2ccc3c4ccccc4n(-c4cccc([Si](c5ccccc5)(c5ccccc5)c5ccccc5)c4)c3c2)cc1. The molecule has 3 heterocycles. The maximum Gasteiger partial charge on any atom is 0.179 e. The zero-order chi connectivity index (χ0) is 42.2. The van der Waals surface area contributed by atoms with Crippen molar-refractivity contribution >= 4 is 83.5 Å². The van der Waals surface area contributed by atoms with Crippen molar-refractivity contribution in [2.75, 3.05) is 0 Å². The smallest absolute Gasteiger partial charge is 0.179 e. The largest absolute Gasteiger partial charge is 0.309 e. The highest BCUT2D eigenvalue weighted by molar-refractivity contribution is 7.19. The van der Waals surface area contributed by atoms with Gasteiger partial charge in [-0.15, -0.1) is 0 Å². The van der Waals surface area contributed by atoms with Gasteiger partial charge < -0.3 is 13.7 Å². The molecule has 0 unspecified atom stereocenters. The molecule has 0 saturated carbocycles. The number of nitrogens with zero attached hydrogens (tertiary/aromatic N) is 3. The lowest BCUT2D eigenvalue weighted by atomic mass is 10.0. The fraction of sp³-hybridized carbons (Fsp3) is 0. The van der Waals surface area contributed by atoms with Gasteiger partial charge in [0, 0.05) is 38.5 Å². The van der Waals surface area contributed by atoms with Gasteiger partial charge in [-0.2, -0.15) is 0 Å². The monoisotopic (exact) mass is 831 g/mol. The average Bonchev–Trinajstić information content (AvgIpc) is 4.02. The molecule has 0 radical (unpaired) electrons. The van der Waals surface area contributed by atoms with Gasteiger partial charge in [0.15, 0.2) is 8.07 Å². The van der Waals surface area contributed by atoms with Crippen molar-refractivity contribution in [3.8, 4) is 28.2 Å². The van der Waals surface area contributed by atoms with Crippen molar-refractivity contribution in [1.29, 1.82) is 0 Å². The van der Waals surface area contributed by atoms with Gasteiger partial charge in [0.25, 0.3) is 0 Å². The third-order valence-electron chi connectivity index (χ3n) is 13.6. The summed E-state index contributed by atoms with van der Waals surface area (Å²) >= 11 is 0. The molecule has 0 N–H and O–H groups in total. The topological polar surface area (TPSA) is 14.8 Å². The van der Waals surface area contributed by atoms with E-state index in [9.17, 15) is 0 Å². The van der Waals surface area contributed by atoms with E-state index >= 15 is 0 Å². The van der Waals surface area contributed by atoms with Crippen molar-refractivity contribution in [2.24, 2.45) is 0 Å². The molecule has 64 heavy (non-hydrogen) atoms. The van der Waals surface area contributed by atoms with Crippen LogP contribution >= 0.6 is 0 Å². The Bertz CT molecular complexity index is 3660. The molecule has 13 aromatic rings. The minimum atomic E-state index is -2.77. The summed E-state index contributed by atoms with van der Waals surface area (Å²) < 4.78 is 7.44. The zero-order valence-corrected chi connectivity index (χ0v) is 36.0. The zero-order valence-electron chi connectivity index (χ0n) is 35.0. The van der Waals surface area contributed by atoms with E-state index in [-0.39, 0.29) is 0 Å². The molecular weight excluding hydrogens is 791 g/mol. The van der Waals surface area contributed by atoms with Crippen molar-refractivity contribution in [2.45, 2.75) is 0 Å². The lowest BCUT2D eigenvalue weighted by molar-refractivity contribution is 1.15. The summed E-state index contributed by atoms with van der Waals surface area (Å²) in [5, 5.41) is 10.5. The second-order valence-corrected chi connectivity index (χ2v) is 20.7. The van der Waals surface area contributed by atoms with Gasteiger partial charge in [-0.05, 0) is 87.0 Å². The number of aromatic nitrogens is 3. The molecule has 0 fully saturated rings. The normalized spacial score (nSPS) is 12.1. The van der Waals surface area contributed by atoms with Crippen LogP contribution in [0.15, 0.2) is 249 Å². The van der Waals surface area contributed by atoms with Crippen LogP contribution in [0.25, 0.3) is 82.8 Å². The van der Waals surface area contributed by atoms with E-state index in [2.05, 4.69) is 262 Å². The molecule has 10 aromatic carbocycles. The van der Waals surface area contributed by atoms with Crippen LogP contribution in [0.1, 0.15) is 0 Å². The van der Waals surface area contributed by atoms with Crippen LogP contribution in [0.4, 0.5) is 0 Å². The summed E-state index contributed by atoms with van der Waals surface area (Å²) in [5.74, 6) is 0. The van der Waals surface area contributed by atoms with E-state index in [1.54, 1.807) is 0 Å². The molecule has 4 heteroatoms. The van der Waals surface area contributed by atoms with Gasteiger partial charge in [-0.3, -0.25) is 0 Å². The maximum absolute atomic E-state index is 2.77. The number of para-hydroxylation sites is 2. The van der Waals surface area contributed by atoms with Gasteiger partial charge in [0.1, 0.15) is 0 Å². The number of rotatable bonds is 8. The van der Waals surface area contributed by atoms with Gasteiger partial charge in [0.05, 0.1) is 38.8 Å². The van der Waals surface area contributed by atoms with Crippen LogP contribution in [-0.4, -0.2) is 21.8 Å².